The van der Waals surface area contributed by atoms with Crippen molar-refractivity contribution in [1.82, 2.24) is 0 Å². The Kier molecular flexibility index (Phi) is 1.95. The van der Waals surface area contributed by atoms with Gasteiger partial charge in [0, 0.05) is 5.56 Å². The highest BCUT2D eigenvalue weighted by Gasteiger charge is 2.04. The number of benzene rings is 1. The van der Waals surface area contributed by atoms with Gasteiger partial charge in [-0.15, -0.1) is 0 Å². The van der Waals surface area contributed by atoms with E-state index >= 15 is 0 Å². The average Bonchev–Trinajstić information content (AvgIpc) is 2.01. The van der Waals surface area contributed by atoms with Crippen LogP contribution in [0, 0.1) is 24.1 Å². The Bertz CT molecular complexity index is 328. The van der Waals surface area contributed by atoms with Crippen molar-refractivity contribution >= 4 is 13.3 Å². The summed E-state index contributed by atoms with van der Waals surface area (Å²) in [6.45, 7) is 1.53. The van der Waals surface area contributed by atoms with Gasteiger partial charge in [-0.05, 0) is 13.0 Å². The van der Waals surface area contributed by atoms with Gasteiger partial charge >= 0.3 is 0 Å². The van der Waals surface area contributed by atoms with Crippen LogP contribution in [-0.2, 0) is 0 Å². The van der Waals surface area contributed by atoms with Gasteiger partial charge in [-0.1, -0.05) is 11.5 Å². The lowest BCUT2D eigenvalue weighted by molar-refractivity contribution is 0.626. The molecule has 0 saturated heterocycles. The third kappa shape index (κ3) is 1.25. The summed E-state index contributed by atoms with van der Waals surface area (Å²) in [7, 11) is 5.26. The number of hydrogen-bond acceptors (Lipinski definition) is 1. The maximum Gasteiger partial charge on any atom is 0.120 e. The van der Waals surface area contributed by atoms with Crippen LogP contribution in [0.4, 0.5) is 4.39 Å². The molecule has 0 saturated carbocycles. The van der Waals surface area contributed by atoms with Crippen LogP contribution >= 0.6 is 0 Å². The number of nitriles is 1. The molecule has 1 nitrogen and oxygen atoms in total. The van der Waals surface area contributed by atoms with Gasteiger partial charge < -0.3 is 0 Å². The molecule has 11 heavy (non-hydrogen) atoms. The zero-order valence-corrected chi connectivity index (χ0v) is 6.06. The fraction of sp³-hybridized carbons (Fsp3) is 0.125. The van der Waals surface area contributed by atoms with Crippen LogP contribution in [0.15, 0.2) is 12.1 Å². The maximum absolute atomic E-state index is 12.9. The molecule has 0 aliphatic carbocycles. The van der Waals surface area contributed by atoms with Crippen molar-refractivity contribution in [2.24, 2.45) is 0 Å². The smallest absolute Gasteiger partial charge is 0.120 e. The molecule has 0 heterocycles. The number of nitrogens with zero attached hydrogens (tertiary/aromatic N) is 1. The Hall–Kier alpha value is -1.30. The Morgan fingerprint density at radius 2 is 2.18 bits per heavy atom. The lowest BCUT2D eigenvalue weighted by Gasteiger charge is -2.01. The van der Waals surface area contributed by atoms with Gasteiger partial charge in [-0.2, -0.15) is 5.26 Å². The predicted molar refractivity (Wildman–Crippen MR) is 41.2 cm³/mol. The van der Waals surface area contributed by atoms with Crippen molar-refractivity contribution in [3.05, 3.63) is 29.1 Å². The second-order valence-corrected chi connectivity index (χ2v) is 2.25. The van der Waals surface area contributed by atoms with Crippen molar-refractivity contribution in [3.8, 4) is 6.07 Å². The molecule has 1 aromatic carbocycles. The van der Waals surface area contributed by atoms with E-state index in [2.05, 4.69) is 0 Å². The third-order valence-corrected chi connectivity index (χ3v) is 1.54. The van der Waals surface area contributed by atoms with E-state index in [-0.39, 0.29) is 5.46 Å². The van der Waals surface area contributed by atoms with Gasteiger partial charge in [0.05, 0.1) is 11.6 Å². The van der Waals surface area contributed by atoms with Crippen molar-refractivity contribution in [2.75, 3.05) is 0 Å². The highest BCUT2D eigenvalue weighted by Crippen LogP contribution is 2.07. The first-order valence-corrected chi connectivity index (χ1v) is 3.11. The van der Waals surface area contributed by atoms with Crippen LogP contribution < -0.4 is 5.46 Å². The first-order chi connectivity index (χ1) is 5.16. The Balaban J connectivity index is 3.40. The maximum atomic E-state index is 12.9. The molecule has 52 valence electrons. The van der Waals surface area contributed by atoms with Gasteiger partial charge in [0.2, 0.25) is 0 Å². The van der Waals surface area contributed by atoms with Crippen LogP contribution in [0.25, 0.3) is 0 Å². The molecule has 2 radical (unpaired) electrons. The molecule has 0 atom stereocenters. The first kappa shape index (κ1) is 7.81. The first-order valence-electron chi connectivity index (χ1n) is 3.11. The van der Waals surface area contributed by atoms with E-state index < -0.39 is 5.82 Å². The SMILES string of the molecule is [B]c1ccc(C#N)c(C)c1F. The largest absolute Gasteiger partial charge is 0.207 e. The molecule has 1 rings (SSSR count). The fourth-order valence-corrected chi connectivity index (χ4v) is 0.827. The molecule has 3 heteroatoms. The fourth-order valence-electron chi connectivity index (χ4n) is 0.827. The summed E-state index contributed by atoms with van der Waals surface area (Å²) >= 11 is 0. The van der Waals surface area contributed by atoms with E-state index in [9.17, 15) is 4.39 Å². The summed E-state index contributed by atoms with van der Waals surface area (Å²) in [4.78, 5) is 0. The third-order valence-electron chi connectivity index (χ3n) is 1.54. The molecule has 0 bridgehead atoms. The lowest BCUT2D eigenvalue weighted by Crippen LogP contribution is -2.10. The van der Waals surface area contributed by atoms with Crippen LogP contribution in [0.1, 0.15) is 11.1 Å². The van der Waals surface area contributed by atoms with E-state index in [1.54, 1.807) is 0 Å². The Labute approximate surface area is 65.9 Å². The lowest BCUT2D eigenvalue weighted by atomic mass is 9.92. The zero-order valence-electron chi connectivity index (χ0n) is 6.06. The minimum absolute atomic E-state index is 0.0847. The van der Waals surface area contributed by atoms with Gasteiger partial charge in [-0.25, -0.2) is 4.39 Å². The van der Waals surface area contributed by atoms with Gasteiger partial charge in [0.25, 0.3) is 0 Å². The summed E-state index contributed by atoms with van der Waals surface area (Å²) in [5, 5.41) is 8.48. The van der Waals surface area contributed by atoms with Gasteiger partial charge in [0.15, 0.2) is 0 Å². The van der Waals surface area contributed by atoms with Crippen molar-refractivity contribution < 1.29 is 4.39 Å². The topological polar surface area (TPSA) is 23.8 Å². The molecule has 0 amide bonds. The van der Waals surface area contributed by atoms with E-state index in [0.29, 0.717) is 11.1 Å². The number of halogens is 1. The average molecular weight is 145 g/mol. The summed E-state index contributed by atoms with van der Waals surface area (Å²) in [5.74, 6) is -0.496. The van der Waals surface area contributed by atoms with Gasteiger partial charge in [-0.3, -0.25) is 0 Å². The molecule has 0 aromatic heterocycles. The summed E-state index contributed by atoms with van der Waals surface area (Å²) in [6, 6.07) is 4.77. The van der Waals surface area contributed by atoms with Crippen LogP contribution in [0.5, 0.6) is 0 Å². The van der Waals surface area contributed by atoms with Gasteiger partial charge in [0.1, 0.15) is 13.7 Å². The van der Waals surface area contributed by atoms with Crippen LogP contribution in [0.3, 0.4) is 0 Å². The Morgan fingerprint density at radius 1 is 1.55 bits per heavy atom. The molecular weight excluding hydrogens is 140 g/mol. The zero-order chi connectivity index (χ0) is 8.43. The van der Waals surface area contributed by atoms with E-state index in [1.807, 2.05) is 6.07 Å². The summed E-state index contributed by atoms with van der Waals surface area (Å²) in [6.07, 6.45) is 0. The van der Waals surface area contributed by atoms with Crippen LogP contribution in [0.2, 0.25) is 0 Å². The minimum atomic E-state index is -0.496. The van der Waals surface area contributed by atoms with E-state index in [1.165, 1.54) is 19.1 Å². The monoisotopic (exact) mass is 145 g/mol. The normalized spacial score (nSPS) is 9.18. The molecule has 0 aliphatic rings. The molecule has 0 spiro atoms. The second-order valence-electron chi connectivity index (χ2n) is 2.25. The summed E-state index contributed by atoms with van der Waals surface area (Å²) in [5.41, 5.74) is 0.728. The van der Waals surface area contributed by atoms with E-state index in [4.69, 9.17) is 13.1 Å². The second kappa shape index (κ2) is 2.75. The quantitative estimate of drug-likeness (QED) is 0.495. The van der Waals surface area contributed by atoms with Crippen LogP contribution in [-0.4, -0.2) is 7.85 Å². The number of hydrogen-bond donors (Lipinski definition) is 0. The van der Waals surface area contributed by atoms with Crippen molar-refractivity contribution in [3.63, 3.8) is 0 Å². The molecule has 0 unspecified atom stereocenters. The molecule has 0 aliphatic heterocycles. The molecular formula is C8H5BFN. The molecule has 1 aromatic rings. The standard InChI is InChI=1S/C8H5BFN/c1-5-6(4-11)2-3-7(9)8(5)10/h2-3H,1H3. The predicted octanol–water partition coefficient (Wildman–Crippen LogP) is 0.800. The highest BCUT2D eigenvalue weighted by molar-refractivity contribution is 6.32. The highest BCUT2D eigenvalue weighted by atomic mass is 19.1. The van der Waals surface area contributed by atoms with E-state index in [0.717, 1.165) is 0 Å². The van der Waals surface area contributed by atoms with Crippen molar-refractivity contribution in [2.45, 2.75) is 6.92 Å². The minimum Gasteiger partial charge on any atom is -0.207 e. The molecule has 0 N–H and O–H groups in total. The van der Waals surface area contributed by atoms with Crippen molar-refractivity contribution in [1.29, 1.82) is 5.26 Å². The Morgan fingerprint density at radius 3 is 2.73 bits per heavy atom. The number of rotatable bonds is 0. The molecule has 0 fully saturated rings. The summed E-state index contributed by atoms with van der Waals surface area (Å²) < 4.78 is 12.9.